The van der Waals surface area contributed by atoms with Crippen molar-refractivity contribution in [1.82, 2.24) is 0 Å². The third-order valence-corrected chi connectivity index (χ3v) is 1.66. The summed E-state index contributed by atoms with van der Waals surface area (Å²) < 4.78 is 15.4. The molecule has 0 saturated heterocycles. The molecule has 0 aromatic heterocycles. The fourth-order valence-electron chi connectivity index (χ4n) is 0.982. The van der Waals surface area contributed by atoms with E-state index in [0.717, 1.165) is 6.42 Å². The van der Waals surface area contributed by atoms with Gasteiger partial charge < -0.3 is 14.2 Å². The monoisotopic (exact) mass is 204 g/mol. The molecule has 0 bridgehead atoms. The summed E-state index contributed by atoms with van der Waals surface area (Å²) in [5, 5.41) is 0. The summed E-state index contributed by atoms with van der Waals surface area (Å²) in [7, 11) is 0. The lowest BCUT2D eigenvalue weighted by molar-refractivity contribution is -0.189. The predicted octanol–water partition coefficient (Wildman–Crippen LogP) is 1.73. The van der Waals surface area contributed by atoms with Gasteiger partial charge in [0.05, 0.1) is 6.61 Å². The van der Waals surface area contributed by atoms with Gasteiger partial charge in [-0.15, -0.1) is 0 Å². The first kappa shape index (κ1) is 13.4. The summed E-state index contributed by atoms with van der Waals surface area (Å²) >= 11 is 0. The van der Waals surface area contributed by atoms with Crippen molar-refractivity contribution in [2.75, 3.05) is 13.2 Å². The van der Waals surface area contributed by atoms with E-state index in [-0.39, 0.29) is 12.3 Å². The van der Waals surface area contributed by atoms with Crippen molar-refractivity contribution in [3.8, 4) is 0 Å². The van der Waals surface area contributed by atoms with Crippen molar-refractivity contribution in [2.24, 2.45) is 0 Å². The Kier molecular flexibility index (Phi) is 7.42. The van der Waals surface area contributed by atoms with Crippen LogP contribution in [0.3, 0.4) is 0 Å². The van der Waals surface area contributed by atoms with Crippen LogP contribution in [0.5, 0.6) is 0 Å². The van der Waals surface area contributed by atoms with E-state index in [1.54, 1.807) is 13.8 Å². The minimum atomic E-state index is -0.563. The van der Waals surface area contributed by atoms with Gasteiger partial charge in [0.15, 0.2) is 12.4 Å². The van der Waals surface area contributed by atoms with E-state index in [1.165, 1.54) is 0 Å². The summed E-state index contributed by atoms with van der Waals surface area (Å²) in [6.45, 7) is 8.22. The molecule has 0 aromatic rings. The van der Waals surface area contributed by atoms with Crippen molar-refractivity contribution in [3.05, 3.63) is 0 Å². The van der Waals surface area contributed by atoms with E-state index in [2.05, 4.69) is 0 Å². The van der Waals surface area contributed by atoms with Gasteiger partial charge in [-0.05, 0) is 27.2 Å². The zero-order valence-electron chi connectivity index (χ0n) is 9.41. The minimum Gasteiger partial charge on any atom is -0.464 e. The number of rotatable bonds is 7. The average molecular weight is 204 g/mol. The van der Waals surface area contributed by atoms with Gasteiger partial charge in [-0.1, -0.05) is 6.92 Å². The van der Waals surface area contributed by atoms with Gasteiger partial charge >= 0.3 is 5.97 Å². The lowest BCUT2D eigenvalue weighted by atomic mass is 10.4. The molecule has 0 radical (unpaired) electrons. The van der Waals surface area contributed by atoms with Crippen molar-refractivity contribution in [3.63, 3.8) is 0 Å². The summed E-state index contributed by atoms with van der Waals surface area (Å²) in [5.41, 5.74) is 0. The Morgan fingerprint density at radius 1 is 1.21 bits per heavy atom. The van der Waals surface area contributed by atoms with Gasteiger partial charge in [-0.25, -0.2) is 4.79 Å². The molecule has 0 aliphatic heterocycles. The molecular weight excluding hydrogens is 184 g/mol. The standard InChI is InChI=1S/C10H20O4/c1-5-9(12-6-2)14-8(4)10(11)13-7-3/h8-9H,5-7H2,1-4H3. The van der Waals surface area contributed by atoms with Crippen LogP contribution < -0.4 is 0 Å². The quantitative estimate of drug-likeness (QED) is 0.468. The van der Waals surface area contributed by atoms with Crippen LogP contribution in [-0.4, -0.2) is 31.6 Å². The molecule has 4 nitrogen and oxygen atoms in total. The van der Waals surface area contributed by atoms with E-state index in [9.17, 15) is 4.79 Å². The summed E-state index contributed by atoms with van der Waals surface area (Å²) in [4.78, 5) is 11.2. The molecule has 0 rings (SSSR count). The molecule has 84 valence electrons. The van der Waals surface area contributed by atoms with Gasteiger partial charge in [0.25, 0.3) is 0 Å². The SMILES string of the molecule is CCOC(=O)C(C)OC(CC)OCC. The normalized spacial score (nSPS) is 14.9. The third kappa shape index (κ3) is 5.19. The molecule has 0 aromatic carbocycles. The van der Waals surface area contributed by atoms with E-state index in [1.807, 2.05) is 13.8 Å². The average Bonchev–Trinajstić information content (AvgIpc) is 2.17. The molecule has 0 saturated carbocycles. The minimum absolute atomic E-state index is 0.320. The topological polar surface area (TPSA) is 44.8 Å². The van der Waals surface area contributed by atoms with Gasteiger partial charge in [0.2, 0.25) is 0 Å². The Hall–Kier alpha value is -0.610. The molecule has 4 heteroatoms. The highest BCUT2D eigenvalue weighted by atomic mass is 16.7. The Labute approximate surface area is 85.5 Å². The van der Waals surface area contributed by atoms with Crippen molar-refractivity contribution in [1.29, 1.82) is 0 Å². The maximum Gasteiger partial charge on any atom is 0.335 e. The molecule has 0 heterocycles. The number of carbonyl (C=O) groups is 1. The Balaban J connectivity index is 3.88. The molecule has 0 fully saturated rings. The summed E-state index contributed by atoms with van der Waals surface area (Å²) in [5.74, 6) is -0.342. The molecule has 0 amide bonds. The number of hydrogen-bond acceptors (Lipinski definition) is 4. The largest absolute Gasteiger partial charge is 0.464 e. The molecule has 0 N–H and O–H groups in total. The first-order valence-corrected chi connectivity index (χ1v) is 5.09. The van der Waals surface area contributed by atoms with E-state index in [0.29, 0.717) is 13.2 Å². The second-order valence-electron chi connectivity index (χ2n) is 2.82. The zero-order valence-corrected chi connectivity index (χ0v) is 9.41. The molecular formula is C10H20O4. The molecule has 0 aliphatic rings. The number of esters is 1. The van der Waals surface area contributed by atoms with Crippen LogP contribution in [0.1, 0.15) is 34.1 Å². The molecule has 0 aliphatic carbocycles. The lowest BCUT2D eigenvalue weighted by Crippen LogP contribution is -2.29. The van der Waals surface area contributed by atoms with Gasteiger partial charge in [-0.2, -0.15) is 0 Å². The Morgan fingerprint density at radius 2 is 1.86 bits per heavy atom. The van der Waals surface area contributed by atoms with Crippen molar-refractivity contribution in [2.45, 2.75) is 46.5 Å². The molecule has 2 atom stereocenters. The smallest absolute Gasteiger partial charge is 0.335 e. The van der Waals surface area contributed by atoms with Crippen LogP contribution in [0.15, 0.2) is 0 Å². The van der Waals surface area contributed by atoms with Crippen LogP contribution in [0.4, 0.5) is 0 Å². The second-order valence-corrected chi connectivity index (χ2v) is 2.82. The van der Waals surface area contributed by atoms with Gasteiger partial charge in [0.1, 0.15) is 0 Å². The number of carbonyl (C=O) groups excluding carboxylic acids is 1. The Morgan fingerprint density at radius 3 is 2.29 bits per heavy atom. The first-order valence-electron chi connectivity index (χ1n) is 5.09. The molecule has 14 heavy (non-hydrogen) atoms. The highest BCUT2D eigenvalue weighted by Crippen LogP contribution is 2.05. The van der Waals surface area contributed by atoms with Crippen LogP contribution in [0.25, 0.3) is 0 Å². The fraction of sp³-hybridized carbons (Fsp3) is 0.900. The summed E-state index contributed by atoms with van der Waals surface area (Å²) in [6, 6.07) is 0. The van der Waals surface area contributed by atoms with Gasteiger partial charge in [0, 0.05) is 6.61 Å². The van der Waals surface area contributed by atoms with Crippen LogP contribution >= 0.6 is 0 Å². The van der Waals surface area contributed by atoms with Gasteiger partial charge in [-0.3, -0.25) is 0 Å². The maximum absolute atomic E-state index is 11.2. The fourth-order valence-corrected chi connectivity index (χ4v) is 0.982. The highest BCUT2D eigenvalue weighted by molar-refractivity contribution is 5.74. The van der Waals surface area contributed by atoms with Crippen LogP contribution in [-0.2, 0) is 19.0 Å². The number of hydrogen-bond donors (Lipinski definition) is 0. The number of ether oxygens (including phenoxy) is 3. The third-order valence-electron chi connectivity index (χ3n) is 1.66. The molecule has 0 spiro atoms. The maximum atomic E-state index is 11.2. The zero-order chi connectivity index (χ0) is 11.0. The highest BCUT2D eigenvalue weighted by Gasteiger charge is 2.18. The van der Waals surface area contributed by atoms with E-state index in [4.69, 9.17) is 14.2 Å². The van der Waals surface area contributed by atoms with Crippen LogP contribution in [0.2, 0.25) is 0 Å². The van der Waals surface area contributed by atoms with Crippen molar-refractivity contribution < 1.29 is 19.0 Å². The summed E-state index contributed by atoms with van der Waals surface area (Å²) in [6.07, 6.45) is -0.164. The van der Waals surface area contributed by atoms with Crippen LogP contribution in [0, 0.1) is 0 Å². The predicted molar refractivity (Wildman–Crippen MR) is 52.9 cm³/mol. The molecule has 2 unspecified atom stereocenters. The van der Waals surface area contributed by atoms with Crippen molar-refractivity contribution >= 4 is 5.97 Å². The Bertz CT molecular complexity index is 158. The second kappa shape index (κ2) is 7.76. The lowest BCUT2D eigenvalue weighted by Gasteiger charge is -2.19. The van der Waals surface area contributed by atoms with E-state index < -0.39 is 6.10 Å². The van der Waals surface area contributed by atoms with E-state index >= 15 is 0 Å². The first-order chi connectivity index (χ1) is 6.65.